The van der Waals surface area contributed by atoms with Gasteiger partial charge >= 0.3 is 0 Å². The average molecular weight is 303 g/mol. The van der Waals surface area contributed by atoms with Gasteiger partial charge in [0.25, 0.3) is 11.6 Å². The Balaban J connectivity index is 2.21. The van der Waals surface area contributed by atoms with Crippen molar-refractivity contribution in [3.05, 3.63) is 57.5 Å². The Morgan fingerprint density at radius 3 is 2.64 bits per heavy atom. The fourth-order valence-electron chi connectivity index (χ4n) is 2.12. The Kier molecular flexibility index (Phi) is 4.45. The summed E-state index contributed by atoms with van der Waals surface area (Å²) in [5.41, 5.74) is 0.498. The van der Waals surface area contributed by atoms with Gasteiger partial charge in [-0.25, -0.2) is 0 Å². The molecule has 0 bridgehead atoms. The van der Waals surface area contributed by atoms with E-state index < -0.39 is 4.92 Å². The molecule has 1 aromatic heterocycles. The highest BCUT2D eigenvalue weighted by Crippen LogP contribution is 2.25. The van der Waals surface area contributed by atoms with E-state index in [-0.39, 0.29) is 17.2 Å². The molecule has 0 saturated heterocycles. The number of nitrogens with zero attached hydrogens (tertiary/aromatic N) is 2. The summed E-state index contributed by atoms with van der Waals surface area (Å²) < 4.78 is 5.43. The number of hydrogen-bond acceptors (Lipinski definition) is 5. The first-order chi connectivity index (χ1) is 10.4. The molecule has 0 aliphatic rings. The highest BCUT2D eigenvalue weighted by Gasteiger charge is 2.19. The van der Waals surface area contributed by atoms with E-state index in [9.17, 15) is 14.9 Å². The third-order valence-electron chi connectivity index (χ3n) is 3.25. The van der Waals surface area contributed by atoms with Gasteiger partial charge in [0.1, 0.15) is 17.2 Å². The van der Waals surface area contributed by atoms with Gasteiger partial charge in [0, 0.05) is 25.7 Å². The number of nitro groups is 1. The first-order valence-corrected chi connectivity index (χ1v) is 6.69. The first kappa shape index (κ1) is 15.6. The molecule has 1 heterocycles. The van der Waals surface area contributed by atoms with Crippen LogP contribution in [0.4, 0.5) is 11.4 Å². The van der Waals surface area contributed by atoms with Crippen LogP contribution in [0.25, 0.3) is 0 Å². The molecule has 0 saturated carbocycles. The number of rotatable bonds is 5. The Bertz CT molecular complexity index is 709. The number of benzene rings is 1. The number of carbonyl (C=O) groups is 1. The summed E-state index contributed by atoms with van der Waals surface area (Å²) in [5, 5.41) is 13.8. The molecule has 0 radical (unpaired) electrons. The molecule has 0 fully saturated rings. The van der Waals surface area contributed by atoms with E-state index >= 15 is 0 Å². The lowest BCUT2D eigenvalue weighted by Crippen LogP contribution is -2.26. The van der Waals surface area contributed by atoms with E-state index in [0.29, 0.717) is 18.0 Å². The van der Waals surface area contributed by atoms with E-state index in [4.69, 9.17) is 4.42 Å². The molecule has 1 aromatic carbocycles. The minimum absolute atomic E-state index is 0.129. The van der Waals surface area contributed by atoms with Gasteiger partial charge in [-0.05, 0) is 31.2 Å². The van der Waals surface area contributed by atoms with Crippen LogP contribution in [0.3, 0.4) is 0 Å². The van der Waals surface area contributed by atoms with Crippen LogP contribution in [0.1, 0.15) is 21.9 Å². The molecule has 7 heteroatoms. The molecule has 1 N–H and O–H groups in total. The van der Waals surface area contributed by atoms with Crippen molar-refractivity contribution in [2.75, 3.05) is 19.4 Å². The lowest BCUT2D eigenvalue weighted by molar-refractivity contribution is -0.384. The van der Waals surface area contributed by atoms with Crippen molar-refractivity contribution in [2.24, 2.45) is 0 Å². The SMILES string of the molecule is CNc1ccc(C(=O)N(C)Cc2ccc(C)o2)cc1[N+](=O)[O-]. The highest BCUT2D eigenvalue weighted by molar-refractivity contribution is 5.95. The minimum Gasteiger partial charge on any atom is -0.464 e. The van der Waals surface area contributed by atoms with Crippen LogP contribution in [0.15, 0.2) is 34.7 Å². The number of aryl methyl sites for hydroxylation is 1. The predicted molar refractivity (Wildman–Crippen MR) is 81.9 cm³/mol. The molecule has 0 spiro atoms. The van der Waals surface area contributed by atoms with Crippen molar-refractivity contribution >= 4 is 17.3 Å². The van der Waals surface area contributed by atoms with Gasteiger partial charge in [0.15, 0.2) is 0 Å². The molecular formula is C15H17N3O4. The normalized spacial score (nSPS) is 10.3. The second kappa shape index (κ2) is 6.30. The van der Waals surface area contributed by atoms with Crippen LogP contribution < -0.4 is 5.32 Å². The van der Waals surface area contributed by atoms with Gasteiger partial charge in [-0.2, -0.15) is 0 Å². The summed E-state index contributed by atoms with van der Waals surface area (Å²) in [6.07, 6.45) is 0. The number of amides is 1. The minimum atomic E-state index is -0.515. The van der Waals surface area contributed by atoms with Crippen LogP contribution in [0, 0.1) is 17.0 Å². The molecule has 116 valence electrons. The summed E-state index contributed by atoms with van der Waals surface area (Å²) in [5.74, 6) is 1.12. The zero-order valence-corrected chi connectivity index (χ0v) is 12.6. The van der Waals surface area contributed by atoms with Crippen LogP contribution in [-0.4, -0.2) is 29.8 Å². The van der Waals surface area contributed by atoms with Crippen molar-refractivity contribution in [3.63, 3.8) is 0 Å². The number of hydrogen-bond donors (Lipinski definition) is 1. The van der Waals surface area contributed by atoms with Crippen molar-refractivity contribution in [3.8, 4) is 0 Å². The number of nitrogens with one attached hydrogen (secondary N) is 1. The molecule has 0 aliphatic heterocycles. The van der Waals surface area contributed by atoms with Crippen LogP contribution >= 0.6 is 0 Å². The fraction of sp³-hybridized carbons (Fsp3) is 0.267. The number of furan rings is 1. The molecule has 0 atom stereocenters. The van der Waals surface area contributed by atoms with Gasteiger partial charge < -0.3 is 14.6 Å². The molecule has 7 nitrogen and oxygen atoms in total. The van der Waals surface area contributed by atoms with Crippen molar-refractivity contribution < 1.29 is 14.1 Å². The number of anilines is 1. The van der Waals surface area contributed by atoms with Gasteiger partial charge in [-0.1, -0.05) is 0 Å². The lowest BCUT2D eigenvalue weighted by atomic mass is 10.1. The quantitative estimate of drug-likeness (QED) is 0.677. The fourth-order valence-corrected chi connectivity index (χ4v) is 2.12. The van der Waals surface area contributed by atoms with Crippen molar-refractivity contribution in [1.82, 2.24) is 4.90 Å². The van der Waals surface area contributed by atoms with Gasteiger partial charge in [0.05, 0.1) is 11.5 Å². The number of nitro benzene ring substituents is 1. The summed E-state index contributed by atoms with van der Waals surface area (Å²) in [6.45, 7) is 2.12. The summed E-state index contributed by atoms with van der Waals surface area (Å²) in [4.78, 5) is 24.4. The maximum Gasteiger partial charge on any atom is 0.293 e. The number of carbonyl (C=O) groups excluding carboxylic acids is 1. The third kappa shape index (κ3) is 3.25. The van der Waals surface area contributed by atoms with Crippen molar-refractivity contribution in [1.29, 1.82) is 0 Å². The first-order valence-electron chi connectivity index (χ1n) is 6.69. The Labute approximate surface area is 127 Å². The topological polar surface area (TPSA) is 88.6 Å². The van der Waals surface area contributed by atoms with Gasteiger partial charge in [0.2, 0.25) is 0 Å². The molecule has 0 aliphatic carbocycles. The average Bonchev–Trinajstić information content (AvgIpc) is 2.90. The van der Waals surface area contributed by atoms with E-state index in [1.54, 1.807) is 26.2 Å². The summed E-state index contributed by atoms with van der Waals surface area (Å²) in [6, 6.07) is 7.98. The molecule has 2 aromatic rings. The van der Waals surface area contributed by atoms with Crippen LogP contribution in [0.2, 0.25) is 0 Å². The molecule has 0 unspecified atom stereocenters. The van der Waals surface area contributed by atoms with Gasteiger partial charge in [-0.15, -0.1) is 0 Å². The summed E-state index contributed by atoms with van der Waals surface area (Å²) >= 11 is 0. The van der Waals surface area contributed by atoms with E-state index in [1.807, 2.05) is 13.0 Å². The second-order valence-corrected chi connectivity index (χ2v) is 4.91. The van der Waals surface area contributed by atoms with Crippen LogP contribution in [-0.2, 0) is 6.54 Å². The Morgan fingerprint density at radius 1 is 1.36 bits per heavy atom. The highest BCUT2D eigenvalue weighted by atomic mass is 16.6. The molecule has 22 heavy (non-hydrogen) atoms. The summed E-state index contributed by atoms with van der Waals surface area (Å²) in [7, 11) is 3.22. The third-order valence-corrected chi connectivity index (χ3v) is 3.25. The van der Waals surface area contributed by atoms with E-state index in [1.165, 1.54) is 17.0 Å². The largest absolute Gasteiger partial charge is 0.464 e. The second-order valence-electron chi connectivity index (χ2n) is 4.91. The monoisotopic (exact) mass is 303 g/mol. The molecule has 2 rings (SSSR count). The van der Waals surface area contributed by atoms with Gasteiger partial charge in [-0.3, -0.25) is 14.9 Å². The molecular weight excluding hydrogens is 286 g/mol. The Morgan fingerprint density at radius 2 is 2.09 bits per heavy atom. The van der Waals surface area contributed by atoms with Crippen molar-refractivity contribution in [2.45, 2.75) is 13.5 Å². The zero-order chi connectivity index (χ0) is 16.3. The van der Waals surface area contributed by atoms with Crippen LogP contribution in [0.5, 0.6) is 0 Å². The van der Waals surface area contributed by atoms with E-state index in [0.717, 1.165) is 5.76 Å². The Hall–Kier alpha value is -2.83. The zero-order valence-electron chi connectivity index (χ0n) is 12.6. The molecule has 1 amide bonds. The standard InChI is InChI=1S/C15H17N3O4/c1-10-4-6-12(22-10)9-17(3)15(19)11-5-7-13(16-2)14(8-11)18(20)21/h4-8,16H,9H2,1-3H3. The maximum absolute atomic E-state index is 12.4. The lowest BCUT2D eigenvalue weighted by Gasteiger charge is -2.16. The predicted octanol–water partition coefficient (Wildman–Crippen LogP) is 2.81. The maximum atomic E-state index is 12.4. The smallest absolute Gasteiger partial charge is 0.293 e. The van der Waals surface area contributed by atoms with E-state index in [2.05, 4.69) is 5.32 Å².